The van der Waals surface area contributed by atoms with Gasteiger partial charge < -0.3 is 15.8 Å². The Morgan fingerprint density at radius 3 is 2.48 bits per heavy atom. The summed E-state index contributed by atoms with van der Waals surface area (Å²) in [4.78, 5) is 12.1. The molecule has 3 N–H and O–H groups in total. The highest BCUT2D eigenvalue weighted by atomic mass is 16.5. The SMILES string of the molecule is COc1ccc(C(C)NC(=O)Cc2ccccc2N)cc1. The molecule has 110 valence electrons. The summed E-state index contributed by atoms with van der Waals surface area (Å²) in [5.41, 5.74) is 8.37. The maximum atomic E-state index is 12.1. The zero-order chi connectivity index (χ0) is 15.2. The van der Waals surface area contributed by atoms with Gasteiger partial charge in [-0.3, -0.25) is 4.79 Å². The van der Waals surface area contributed by atoms with Gasteiger partial charge in [0, 0.05) is 5.69 Å². The Hall–Kier alpha value is -2.49. The molecule has 1 atom stereocenters. The Morgan fingerprint density at radius 1 is 1.19 bits per heavy atom. The average Bonchev–Trinajstić information content (AvgIpc) is 2.49. The highest BCUT2D eigenvalue weighted by Crippen LogP contribution is 2.18. The van der Waals surface area contributed by atoms with E-state index in [0.29, 0.717) is 5.69 Å². The fourth-order valence-corrected chi connectivity index (χ4v) is 2.14. The predicted octanol–water partition coefficient (Wildman–Crippen LogP) is 2.70. The Bertz CT molecular complexity index is 608. The van der Waals surface area contributed by atoms with Crippen molar-refractivity contribution in [1.29, 1.82) is 0 Å². The summed E-state index contributed by atoms with van der Waals surface area (Å²) in [5.74, 6) is 0.755. The Kier molecular flexibility index (Phi) is 4.82. The van der Waals surface area contributed by atoms with Crippen LogP contribution in [-0.2, 0) is 11.2 Å². The number of para-hydroxylation sites is 1. The third kappa shape index (κ3) is 3.99. The lowest BCUT2D eigenvalue weighted by atomic mass is 10.1. The van der Waals surface area contributed by atoms with E-state index in [1.54, 1.807) is 13.2 Å². The van der Waals surface area contributed by atoms with Gasteiger partial charge in [-0.15, -0.1) is 0 Å². The lowest BCUT2D eigenvalue weighted by Crippen LogP contribution is -2.28. The summed E-state index contributed by atoms with van der Waals surface area (Å²) >= 11 is 0. The molecular formula is C17H20N2O2. The van der Waals surface area contributed by atoms with E-state index < -0.39 is 0 Å². The Morgan fingerprint density at radius 2 is 1.86 bits per heavy atom. The molecule has 0 aliphatic rings. The predicted molar refractivity (Wildman–Crippen MR) is 84.1 cm³/mol. The number of carbonyl (C=O) groups is 1. The van der Waals surface area contributed by atoms with E-state index in [-0.39, 0.29) is 18.4 Å². The van der Waals surface area contributed by atoms with Gasteiger partial charge in [0.2, 0.25) is 5.91 Å². The Balaban J connectivity index is 1.97. The third-order valence-corrected chi connectivity index (χ3v) is 3.40. The van der Waals surface area contributed by atoms with Crippen LogP contribution >= 0.6 is 0 Å². The molecule has 4 nitrogen and oxygen atoms in total. The molecule has 0 radical (unpaired) electrons. The van der Waals surface area contributed by atoms with Gasteiger partial charge in [0.25, 0.3) is 0 Å². The second-order valence-corrected chi connectivity index (χ2v) is 4.94. The standard InChI is InChI=1S/C17H20N2O2/c1-12(13-7-9-15(21-2)10-8-13)19-17(20)11-14-5-3-4-6-16(14)18/h3-10,12H,11,18H2,1-2H3,(H,19,20). The molecule has 2 rings (SSSR count). The number of carbonyl (C=O) groups excluding carboxylic acids is 1. The summed E-state index contributed by atoms with van der Waals surface area (Å²) in [5, 5.41) is 2.97. The van der Waals surface area contributed by atoms with Crippen LogP contribution in [0.25, 0.3) is 0 Å². The van der Waals surface area contributed by atoms with Crippen molar-refractivity contribution < 1.29 is 9.53 Å². The molecule has 0 aliphatic heterocycles. The zero-order valence-electron chi connectivity index (χ0n) is 12.3. The highest BCUT2D eigenvalue weighted by molar-refractivity contribution is 5.80. The van der Waals surface area contributed by atoms with Crippen molar-refractivity contribution in [2.45, 2.75) is 19.4 Å². The largest absolute Gasteiger partial charge is 0.497 e. The summed E-state index contributed by atoms with van der Waals surface area (Å²) < 4.78 is 5.12. The molecule has 0 saturated heterocycles. The number of ether oxygens (including phenoxy) is 1. The van der Waals surface area contributed by atoms with Crippen LogP contribution in [0.1, 0.15) is 24.1 Å². The second kappa shape index (κ2) is 6.79. The molecule has 0 bridgehead atoms. The maximum Gasteiger partial charge on any atom is 0.224 e. The molecule has 21 heavy (non-hydrogen) atoms. The average molecular weight is 284 g/mol. The number of nitrogen functional groups attached to an aromatic ring is 1. The molecule has 4 heteroatoms. The molecular weight excluding hydrogens is 264 g/mol. The van der Waals surface area contributed by atoms with Gasteiger partial charge in [-0.2, -0.15) is 0 Å². The first kappa shape index (κ1) is 14.9. The van der Waals surface area contributed by atoms with Crippen LogP contribution in [0.5, 0.6) is 5.75 Å². The fraction of sp³-hybridized carbons (Fsp3) is 0.235. The van der Waals surface area contributed by atoms with Crippen LogP contribution in [0, 0.1) is 0 Å². The van der Waals surface area contributed by atoms with Crippen LogP contribution in [0.2, 0.25) is 0 Å². The van der Waals surface area contributed by atoms with E-state index in [0.717, 1.165) is 16.9 Å². The molecule has 0 spiro atoms. The van der Waals surface area contributed by atoms with Gasteiger partial charge in [-0.05, 0) is 36.2 Å². The zero-order valence-corrected chi connectivity index (χ0v) is 12.3. The fourth-order valence-electron chi connectivity index (χ4n) is 2.14. The van der Waals surface area contributed by atoms with Gasteiger partial charge >= 0.3 is 0 Å². The highest BCUT2D eigenvalue weighted by Gasteiger charge is 2.11. The number of nitrogens with two attached hydrogens (primary N) is 1. The lowest BCUT2D eigenvalue weighted by molar-refractivity contribution is -0.121. The second-order valence-electron chi connectivity index (χ2n) is 4.94. The minimum absolute atomic E-state index is 0.0452. The molecule has 2 aromatic rings. The number of rotatable bonds is 5. The molecule has 0 saturated carbocycles. The van der Waals surface area contributed by atoms with Crippen LogP contribution < -0.4 is 15.8 Å². The monoisotopic (exact) mass is 284 g/mol. The normalized spacial score (nSPS) is 11.7. The number of methoxy groups -OCH3 is 1. The van der Waals surface area contributed by atoms with E-state index in [2.05, 4.69) is 5.32 Å². The third-order valence-electron chi connectivity index (χ3n) is 3.40. The van der Waals surface area contributed by atoms with Gasteiger partial charge in [-0.1, -0.05) is 30.3 Å². The van der Waals surface area contributed by atoms with Gasteiger partial charge in [0.05, 0.1) is 19.6 Å². The number of benzene rings is 2. The number of anilines is 1. The van der Waals surface area contributed by atoms with Gasteiger partial charge in [0.15, 0.2) is 0 Å². The van der Waals surface area contributed by atoms with Crippen LogP contribution in [-0.4, -0.2) is 13.0 Å². The van der Waals surface area contributed by atoms with Gasteiger partial charge in [0.1, 0.15) is 5.75 Å². The summed E-state index contributed by atoms with van der Waals surface area (Å²) in [6.07, 6.45) is 0.285. The van der Waals surface area contributed by atoms with Gasteiger partial charge in [-0.25, -0.2) is 0 Å². The number of hydrogen-bond donors (Lipinski definition) is 2. The van der Waals surface area contributed by atoms with Crippen molar-refractivity contribution in [2.24, 2.45) is 0 Å². The van der Waals surface area contributed by atoms with Crippen molar-refractivity contribution >= 4 is 11.6 Å². The molecule has 0 aromatic heterocycles. The quantitative estimate of drug-likeness (QED) is 0.830. The molecule has 0 aliphatic carbocycles. The van der Waals surface area contributed by atoms with Crippen molar-refractivity contribution in [3.05, 3.63) is 59.7 Å². The number of amides is 1. The summed E-state index contributed by atoms with van der Waals surface area (Å²) in [6.45, 7) is 1.95. The molecule has 0 heterocycles. The van der Waals surface area contributed by atoms with Crippen molar-refractivity contribution in [3.8, 4) is 5.75 Å². The van der Waals surface area contributed by atoms with E-state index in [4.69, 9.17) is 10.5 Å². The van der Waals surface area contributed by atoms with Crippen LogP contribution in [0.15, 0.2) is 48.5 Å². The van der Waals surface area contributed by atoms with Crippen molar-refractivity contribution in [3.63, 3.8) is 0 Å². The summed E-state index contributed by atoms with van der Waals surface area (Å²) in [7, 11) is 1.63. The first-order chi connectivity index (χ1) is 10.1. The van der Waals surface area contributed by atoms with E-state index in [1.807, 2.05) is 49.4 Å². The van der Waals surface area contributed by atoms with Crippen LogP contribution in [0.4, 0.5) is 5.69 Å². The van der Waals surface area contributed by atoms with Crippen molar-refractivity contribution in [2.75, 3.05) is 12.8 Å². The lowest BCUT2D eigenvalue weighted by Gasteiger charge is -2.15. The minimum Gasteiger partial charge on any atom is -0.497 e. The molecule has 1 unspecified atom stereocenters. The topological polar surface area (TPSA) is 64.3 Å². The smallest absolute Gasteiger partial charge is 0.224 e. The number of hydrogen-bond acceptors (Lipinski definition) is 3. The summed E-state index contributed by atoms with van der Waals surface area (Å²) in [6, 6.07) is 15.0. The van der Waals surface area contributed by atoms with E-state index in [1.165, 1.54) is 0 Å². The molecule has 1 amide bonds. The molecule has 2 aromatic carbocycles. The van der Waals surface area contributed by atoms with E-state index in [9.17, 15) is 4.79 Å². The van der Waals surface area contributed by atoms with E-state index >= 15 is 0 Å². The first-order valence-electron chi connectivity index (χ1n) is 6.87. The van der Waals surface area contributed by atoms with Crippen molar-refractivity contribution in [1.82, 2.24) is 5.32 Å². The molecule has 0 fully saturated rings. The Labute approximate surface area is 124 Å². The first-order valence-corrected chi connectivity index (χ1v) is 6.87. The maximum absolute atomic E-state index is 12.1. The van der Waals surface area contributed by atoms with Crippen LogP contribution in [0.3, 0.4) is 0 Å². The number of nitrogens with one attached hydrogen (secondary N) is 1. The minimum atomic E-state index is -0.0617.